The molecule has 0 bridgehead atoms. The van der Waals surface area contributed by atoms with Gasteiger partial charge in [-0.25, -0.2) is 4.98 Å². The van der Waals surface area contributed by atoms with Gasteiger partial charge in [0.25, 0.3) is 0 Å². The van der Waals surface area contributed by atoms with Gasteiger partial charge in [0.1, 0.15) is 5.76 Å². The van der Waals surface area contributed by atoms with Gasteiger partial charge in [-0.1, -0.05) is 0 Å². The summed E-state index contributed by atoms with van der Waals surface area (Å²) in [6, 6.07) is 0. The third-order valence-corrected chi connectivity index (χ3v) is 3.90. The van der Waals surface area contributed by atoms with Gasteiger partial charge in [-0.15, -0.1) is 0 Å². The predicted molar refractivity (Wildman–Crippen MR) is 61.8 cm³/mol. The van der Waals surface area contributed by atoms with Crippen LogP contribution in [0.5, 0.6) is 0 Å². The summed E-state index contributed by atoms with van der Waals surface area (Å²) in [4.78, 5) is 14.5. The molecule has 1 saturated heterocycles. The minimum atomic E-state index is -0.812. The van der Waals surface area contributed by atoms with Gasteiger partial charge in [-0.3, -0.25) is 4.79 Å². The number of oxazole rings is 1. The van der Waals surface area contributed by atoms with E-state index in [1.807, 2.05) is 11.8 Å². The third-order valence-electron chi connectivity index (χ3n) is 2.69. The number of aliphatic carboxylic acids is 1. The first-order valence-corrected chi connectivity index (χ1v) is 6.65. The van der Waals surface area contributed by atoms with Crippen molar-refractivity contribution in [2.45, 2.75) is 31.6 Å². The summed E-state index contributed by atoms with van der Waals surface area (Å²) in [5.41, 5.74) is 0. The van der Waals surface area contributed by atoms with E-state index in [0.717, 1.165) is 17.9 Å². The van der Waals surface area contributed by atoms with Crippen molar-refractivity contribution in [3.8, 4) is 0 Å². The monoisotopic (exact) mass is 241 g/mol. The van der Waals surface area contributed by atoms with Crippen molar-refractivity contribution in [2.75, 3.05) is 11.5 Å². The normalized spacial score (nSPS) is 20.9. The van der Waals surface area contributed by atoms with Crippen molar-refractivity contribution in [1.29, 1.82) is 0 Å². The van der Waals surface area contributed by atoms with Gasteiger partial charge in [0.2, 0.25) is 0 Å². The molecule has 1 aromatic rings. The van der Waals surface area contributed by atoms with Crippen LogP contribution < -0.4 is 0 Å². The SMILES string of the molecule is O=C(O)CCc1ncc(C2CCCSC2)o1. The molecule has 16 heavy (non-hydrogen) atoms. The molecule has 0 radical (unpaired) electrons. The van der Waals surface area contributed by atoms with E-state index in [9.17, 15) is 4.79 Å². The average molecular weight is 241 g/mol. The number of carboxylic acid groups (broad SMARTS) is 1. The van der Waals surface area contributed by atoms with Crippen molar-refractivity contribution in [3.63, 3.8) is 0 Å². The van der Waals surface area contributed by atoms with Crippen molar-refractivity contribution >= 4 is 17.7 Å². The van der Waals surface area contributed by atoms with Crippen molar-refractivity contribution in [3.05, 3.63) is 17.8 Å². The lowest BCUT2D eigenvalue weighted by Gasteiger charge is -2.18. The van der Waals surface area contributed by atoms with Crippen molar-refractivity contribution in [2.24, 2.45) is 0 Å². The molecule has 0 aromatic carbocycles. The van der Waals surface area contributed by atoms with Crippen LogP contribution in [0, 0.1) is 0 Å². The van der Waals surface area contributed by atoms with Crippen LogP contribution in [0.4, 0.5) is 0 Å². The number of hydrogen-bond acceptors (Lipinski definition) is 4. The maximum Gasteiger partial charge on any atom is 0.303 e. The van der Waals surface area contributed by atoms with E-state index in [0.29, 0.717) is 18.2 Å². The summed E-state index contributed by atoms with van der Waals surface area (Å²) in [6.45, 7) is 0. The number of hydrogen-bond donors (Lipinski definition) is 1. The Balaban J connectivity index is 1.93. The first-order chi connectivity index (χ1) is 7.75. The quantitative estimate of drug-likeness (QED) is 0.876. The van der Waals surface area contributed by atoms with E-state index >= 15 is 0 Å². The van der Waals surface area contributed by atoms with E-state index in [4.69, 9.17) is 9.52 Å². The Labute approximate surface area is 98.4 Å². The molecule has 4 nitrogen and oxygen atoms in total. The van der Waals surface area contributed by atoms with Gasteiger partial charge in [0.15, 0.2) is 5.89 Å². The Hall–Kier alpha value is -0.970. The second kappa shape index (κ2) is 5.39. The molecule has 88 valence electrons. The lowest BCUT2D eigenvalue weighted by Crippen LogP contribution is -2.07. The molecule has 1 fully saturated rings. The zero-order chi connectivity index (χ0) is 11.4. The largest absolute Gasteiger partial charge is 0.481 e. The number of carbonyl (C=O) groups is 1. The number of carboxylic acids is 1. The molecule has 1 unspecified atom stereocenters. The second-order valence-electron chi connectivity index (χ2n) is 3.96. The van der Waals surface area contributed by atoms with Crippen LogP contribution in [0.15, 0.2) is 10.6 Å². The molecule has 0 spiro atoms. The number of aromatic nitrogens is 1. The smallest absolute Gasteiger partial charge is 0.303 e. The molecule has 0 aliphatic carbocycles. The molecule has 2 heterocycles. The first kappa shape index (κ1) is 11.5. The number of thioether (sulfide) groups is 1. The highest BCUT2D eigenvalue weighted by Crippen LogP contribution is 2.31. The molecule has 1 atom stereocenters. The topological polar surface area (TPSA) is 63.3 Å². The highest BCUT2D eigenvalue weighted by atomic mass is 32.2. The number of nitrogens with zero attached hydrogens (tertiary/aromatic N) is 1. The Morgan fingerprint density at radius 3 is 3.25 bits per heavy atom. The highest BCUT2D eigenvalue weighted by molar-refractivity contribution is 7.99. The van der Waals surface area contributed by atoms with E-state index in [1.165, 1.54) is 12.2 Å². The van der Waals surface area contributed by atoms with Crippen molar-refractivity contribution in [1.82, 2.24) is 4.98 Å². The summed E-state index contributed by atoms with van der Waals surface area (Å²) in [6.07, 6.45) is 4.60. The van der Waals surface area contributed by atoms with Gasteiger partial charge in [0.05, 0.1) is 12.6 Å². The van der Waals surface area contributed by atoms with Crippen LogP contribution in [0.1, 0.15) is 36.8 Å². The number of aryl methyl sites for hydroxylation is 1. The van der Waals surface area contributed by atoms with Crippen LogP contribution in [0.2, 0.25) is 0 Å². The van der Waals surface area contributed by atoms with Crippen LogP contribution >= 0.6 is 11.8 Å². The summed E-state index contributed by atoms with van der Waals surface area (Å²) in [5.74, 6) is 3.45. The third kappa shape index (κ3) is 3.01. The first-order valence-electron chi connectivity index (χ1n) is 5.50. The predicted octanol–water partition coefficient (Wildman–Crippen LogP) is 2.30. The fraction of sp³-hybridized carbons (Fsp3) is 0.636. The molecule has 5 heteroatoms. The maximum atomic E-state index is 10.4. The molecule has 1 aromatic heterocycles. The highest BCUT2D eigenvalue weighted by Gasteiger charge is 2.19. The summed E-state index contributed by atoms with van der Waals surface area (Å²) < 4.78 is 5.59. The molecule has 1 aliphatic heterocycles. The Morgan fingerprint density at radius 1 is 1.69 bits per heavy atom. The van der Waals surface area contributed by atoms with Crippen molar-refractivity contribution < 1.29 is 14.3 Å². The van der Waals surface area contributed by atoms with Gasteiger partial charge in [-0.05, 0) is 18.6 Å². The van der Waals surface area contributed by atoms with E-state index in [2.05, 4.69) is 4.98 Å². The summed E-state index contributed by atoms with van der Waals surface area (Å²) in [5, 5.41) is 8.56. The average Bonchev–Trinajstić information content (AvgIpc) is 2.76. The van der Waals surface area contributed by atoms with Gasteiger partial charge < -0.3 is 9.52 Å². The van der Waals surface area contributed by atoms with Crippen LogP contribution in [0.25, 0.3) is 0 Å². The molecule has 1 aliphatic rings. The zero-order valence-electron chi connectivity index (χ0n) is 9.02. The van der Waals surface area contributed by atoms with Gasteiger partial charge in [-0.2, -0.15) is 11.8 Å². The molecule has 0 amide bonds. The molecule has 0 saturated carbocycles. The zero-order valence-corrected chi connectivity index (χ0v) is 9.83. The molecular formula is C11H15NO3S. The Bertz CT molecular complexity index is 358. The van der Waals surface area contributed by atoms with E-state index in [1.54, 1.807) is 6.20 Å². The minimum Gasteiger partial charge on any atom is -0.481 e. The van der Waals surface area contributed by atoms with Gasteiger partial charge >= 0.3 is 5.97 Å². The molecule has 1 N–H and O–H groups in total. The van der Waals surface area contributed by atoms with Crippen LogP contribution in [-0.2, 0) is 11.2 Å². The van der Waals surface area contributed by atoms with E-state index < -0.39 is 5.97 Å². The Morgan fingerprint density at radius 2 is 2.56 bits per heavy atom. The molecule has 2 rings (SSSR count). The lowest BCUT2D eigenvalue weighted by molar-refractivity contribution is -0.137. The fourth-order valence-electron chi connectivity index (χ4n) is 1.81. The lowest BCUT2D eigenvalue weighted by atomic mass is 10.0. The number of rotatable bonds is 4. The van der Waals surface area contributed by atoms with Gasteiger partial charge in [0, 0.05) is 18.1 Å². The maximum absolute atomic E-state index is 10.4. The minimum absolute atomic E-state index is 0.0827. The van der Waals surface area contributed by atoms with Crippen LogP contribution in [-0.4, -0.2) is 27.6 Å². The standard InChI is InChI=1S/C11H15NO3S/c13-11(14)4-3-10-12-6-9(15-10)8-2-1-5-16-7-8/h6,8H,1-5,7H2,(H,13,14). The fourth-order valence-corrected chi connectivity index (χ4v) is 2.96. The van der Waals surface area contributed by atoms with E-state index in [-0.39, 0.29) is 6.42 Å². The summed E-state index contributed by atoms with van der Waals surface area (Å²) >= 11 is 1.94. The Kier molecular flexibility index (Phi) is 3.88. The second-order valence-corrected chi connectivity index (χ2v) is 5.11. The van der Waals surface area contributed by atoms with Crippen LogP contribution in [0.3, 0.4) is 0 Å². The molecular weight excluding hydrogens is 226 g/mol. The summed E-state index contributed by atoms with van der Waals surface area (Å²) in [7, 11) is 0.